The lowest BCUT2D eigenvalue weighted by Gasteiger charge is -2.42. The van der Waals surface area contributed by atoms with E-state index in [0.29, 0.717) is 6.61 Å². The summed E-state index contributed by atoms with van der Waals surface area (Å²) in [6.07, 6.45) is 0. The number of aromatic hydroxyl groups is 1. The van der Waals surface area contributed by atoms with Gasteiger partial charge in [-0.05, 0) is 13.0 Å². The predicted molar refractivity (Wildman–Crippen MR) is 70.4 cm³/mol. The van der Waals surface area contributed by atoms with Gasteiger partial charge in [-0.2, -0.15) is 0 Å². The molecule has 3 nitrogen and oxygen atoms in total. The van der Waals surface area contributed by atoms with Crippen LogP contribution in [0.5, 0.6) is 5.75 Å². The highest BCUT2D eigenvalue weighted by molar-refractivity contribution is 5.85. The number of hydrogen-bond acceptors (Lipinski definition) is 3. The highest BCUT2D eigenvalue weighted by atomic mass is 35.5. The van der Waals surface area contributed by atoms with Crippen LogP contribution in [0.3, 0.4) is 0 Å². The first-order valence-corrected chi connectivity index (χ1v) is 5.60. The molecule has 0 radical (unpaired) electrons. The van der Waals surface area contributed by atoms with Gasteiger partial charge >= 0.3 is 0 Å². The number of hydrogen-bond donors (Lipinski definition) is 2. The Hall–Kier alpha value is -0.770. The minimum absolute atomic E-state index is 0. The van der Waals surface area contributed by atoms with Gasteiger partial charge in [0.25, 0.3) is 0 Å². The molecule has 1 fully saturated rings. The molecular formula is C13H20ClNO2. The highest BCUT2D eigenvalue weighted by Gasteiger charge is 2.37. The molecule has 1 aromatic carbocycles. The summed E-state index contributed by atoms with van der Waals surface area (Å²) in [4.78, 5) is 0. The second-order valence-electron chi connectivity index (χ2n) is 5.36. The molecule has 1 heterocycles. The second kappa shape index (κ2) is 4.84. The van der Waals surface area contributed by atoms with Gasteiger partial charge in [-0.25, -0.2) is 0 Å². The maximum absolute atomic E-state index is 9.84. The van der Waals surface area contributed by atoms with Crippen LogP contribution in [0.1, 0.15) is 26.3 Å². The molecule has 0 saturated carbocycles. The van der Waals surface area contributed by atoms with Gasteiger partial charge in [-0.3, -0.25) is 5.32 Å². The standard InChI is InChI=1S/C13H19NO2.ClH/c1-12(2)8-14-13(3,16-9-12)10-6-4-5-7-11(10)15;/h4-7,14-15H,8-9H2,1-3H3;1H. The van der Waals surface area contributed by atoms with E-state index in [0.717, 1.165) is 12.1 Å². The summed E-state index contributed by atoms with van der Waals surface area (Å²) >= 11 is 0. The Bertz CT molecular complexity index is 383. The number of ether oxygens (including phenoxy) is 1. The van der Waals surface area contributed by atoms with Crippen molar-refractivity contribution in [2.24, 2.45) is 5.41 Å². The van der Waals surface area contributed by atoms with E-state index in [9.17, 15) is 5.11 Å². The normalized spacial score (nSPS) is 27.2. The van der Waals surface area contributed by atoms with Crippen LogP contribution in [0.2, 0.25) is 0 Å². The molecule has 17 heavy (non-hydrogen) atoms. The van der Waals surface area contributed by atoms with Crippen LogP contribution in [0.4, 0.5) is 0 Å². The number of phenolic OH excluding ortho intramolecular Hbond substituents is 1. The molecule has 96 valence electrons. The van der Waals surface area contributed by atoms with Gasteiger partial charge in [0.05, 0.1) is 6.61 Å². The summed E-state index contributed by atoms with van der Waals surface area (Å²) in [7, 11) is 0. The van der Waals surface area contributed by atoms with E-state index in [1.807, 2.05) is 25.1 Å². The van der Waals surface area contributed by atoms with E-state index in [1.54, 1.807) is 6.07 Å². The Morgan fingerprint density at radius 2 is 1.88 bits per heavy atom. The number of halogens is 1. The van der Waals surface area contributed by atoms with Gasteiger partial charge < -0.3 is 9.84 Å². The average Bonchev–Trinajstić information content (AvgIpc) is 2.24. The number of para-hydroxylation sites is 1. The third-order valence-corrected chi connectivity index (χ3v) is 3.07. The predicted octanol–water partition coefficient (Wildman–Crippen LogP) is 2.63. The Balaban J connectivity index is 0.00000144. The van der Waals surface area contributed by atoms with Gasteiger partial charge in [-0.1, -0.05) is 32.0 Å². The maximum atomic E-state index is 9.84. The summed E-state index contributed by atoms with van der Waals surface area (Å²) in [5, 5.41) is 13.2. The molecule has 0 spiro atoms. The molecule has 0 bridgehead atoms. The third kappa shape index (κ3) is 2.92. The smallest absolute Gasteiger partial charge is 0.146 e. The highest BCUT2D eigenvalue weighted by Crippen LogP contribution is 2.35. The van der Waals surface area contributed by atoms with Crippen LogP contribution in [0.25, 0.3) is 0 Å². The Morgan fingerprint density at radius 1 is 1.24 bits per heavy atom. The van der Waals surface area contributed by atoms with Gasteiger partial charge in [0.1, 0.15) is 11.5 Å². The summed E-state index contributed by atoms with van der Waals surface area (Å²) in [5.41, 5.74) is 0.357. The first-order chi connectivity index (χ1) is 7.43. The fourth-order valence-corrected chi connectivity index (χ4v) is 1.90. The van der Waals surface area contributed by atoms with Gasteiger partial charge in [0.15, 0.2) is 0 Å². The van der Waals surface area contributed by atoms with E-state index >= 15 is 0 Å². The van der Waals surface area contributed by atoms with Crippen molar-refractivity contribution in [2.45, 2.75) is 26.5 Å². The van der Waals surface area contributed by atoms with Crippen LogP contribution in [-0.4, -0.2) is 18.3 Å². The molecule has 2 rings (SSSR count). The Labute approximate surface area is 109 Å². The molecule has 1 atom stereocenters. The van der Waals surface area contributed by atoms with Crippen molar-refractivity contribution in [1.29, 1.82) is 0 Å². The molecule has 1 unspecified atom stereocenters. The number of nitrogens with one attached hydrogen (secondary N) is 1. The lowest BCUT2D eigenvalue weighted by atomic mass is 9.90. The van der Waals surface area contributed by atoms with Crippen molar-refractivity contribution in [3.05, 3.63) is 29.8 Å². The Morgan fingerprint density at radius 3 is 2.41 bits per heavy atom. The number of phenols is 1. The van der Waals surface area contributed by atoms with Crippen molar-refractivity contribution in [3.8, 4) is 5.75 Å². The minimum atomic E-state index is -0.582. The third-order valence-electron chi connectivity index (χ3n) is 3.07. The second-order valence-corrected chi connectivity index (χ2v) is 5.36. The van der Waals surface area contributed by atoms with E-state index in [1.165, 1.54) is 0 Å². The van der Waals surface area contributed by atoms with Gasteiger partial charge in [0.2, 0.25) is 0 Å². The minimum Gasteiger partial charge on any atom is -0.508 e. The molecule has 2 N–H and O–H groups in total. The molecule has 0 aliphatic carbocycles. The SMILES string of the molecule is CC1(C)CNC(C)(c2ccccc2O)OC1.Cl. The first-order valence-electron chi connectivity index (χ1n) is 5.60. The van der Waals surface area contributed by atoms with Crippen molar-refractivity contribution < 1.29 is 9.84 Å². The molecule has 4 heteroatoms. The monoisotopic (exact) mass is 257 g/mol. The zero-order valence-electron chi connectivity index (χ0n) is 10.5. The van der Waals surface area contributed by atoms with Gasteiger partial charge in [0, 0.05) is 17.5 Å². The van der Waals surface area contributed by atoms with Crippen LogP contribution in [-0.2, 0) is 10.5 Å². The zero-order valence-corrected chi connectivity index (χ0v) is 11.3. The maximum Gasteiger partial charge on any atom is 0.146 e. The molecule has 1 saturated heterocycles. The van der Waals surface area contributed by atoms with Crippen molar-refractivity contribution in [1.82, 2.24) is 5.32 Å². The molecule has 1 aliphatic heterocycles. The largest absolute Gasteiger partial charge is 0.508 e. The molecule has 1 aromatic rings. The first kappa shape index (κ1) is 14.3. The van der Waals surface area contributed by atoms with Crippen LogP contribution < -0.4 is 5.32 Å². The summed E-state index contributed by atoms with van der Waals surface area (Å²) in [6.45, 7) is 7.83. The number of rotatable bonds is 1. The molecular weight excluding hydrogens is 238 g/mol. The molecule has 1 aliphatic rings. The van der Waals surface area contributed by atoms with E-state index in [4.69, 9.17) is 4.74 Å². The van der Waals surface area contributed by atoms with Crippen LogP contribution in [0, 0.1) is 5.41 Å². The van der Waals surface area contributed by atoms with E-state index in [-0.39, 0.29) is 23.6 Å². The lowest BCUT2D eigenvalue weighted by molar-refractivity contribution is -0.132. The zero-order chi connectivity index (χ0) is 11.8. The van der Waals surface area contributed by atoms with E-state index in [2.05, 4.69) is 19.2 Å². The fraction of sp³-hybridized carbons (Fsp3) is 0.538. The van der Waals surface area contributed by atoms with Crippen molar-refractivity contribution >= 4 is 12.4 Å². The lowest BCUT2D eigenvalue weighted by Crippen LogP contribution is -2.53. The number of benzene rings is 1. The van der Waals surface area contributed by atoms with Crippen LogP contribution in [0.15, 0.2) is 24.3 Å². The molecule has 0 aromatic heterocycles. The van der Waals surface area contributed by atoms with Crippen molar-refractivity contribution in [3.63, 3.8) is 0 Å². The van der Waals surface area contributed by atoms with Crippen LogP contribution >= 0.6 is 12.4 Å². The summed E-state index contributed by atoms with van der Waals surface area (Å²) in [5.74, 6) is 0.275. The van der Waals surface area contributed by atoms with Gasteiger partial charge in [-0.15, -0.1) is 12.4 Å². The van der Waals surface area contributed by atoms with E-state index < -0.39 is 5.72 Å². The fourth-order valence-electron chi connectivity index (χ4n) is 1.90. The van der Waals surface area contributed by atoms with Crippen molar-refractivity contribution in [2.75, 3.05) is 13.2 Å². The molecule has 0 amide bonds. The Kier molecular flexibility index (Phi) is 4.07. The summed E-state index contributed by atoms with van der Waals surface area (Å²) < 4.78 is 5.88. The summed E-state index contributed by atoms with van der Waals surface area (Å²) in [6, 6.07) is 7.30. The quantitative estimate of drug-likeness (QED) is 0.813. The topological polar surface area (TPSA) is 41.5 Å². The average molecular weight is 258 g/mol.